The highest BCUT2D eigenvalue weighted by Gasteiger charge is 2.07. The summed E-state index contributed by atoms with van der Waals surface area (Å²) in [5.74, 6) is 0. The van der Waals surface area contributed by atoms with Gasteiger partial charge in [-0.05, 0) is 53.2 Å². The molecule has 1 atom stereocenters. The maximum atomic E-state index is 6.03. The normalized spacial score (nSPS) is 12.1. The monoisotopic (exact) mass is 299 g/mol. The minimum absolute atomic E-state index is 0.146. The summed E-state index contributed by atoms with van der Waals surface area (Å²) in [6, 6.07) is 15.9. The zero-order valence-corrected chi connectivity index (χ0v) is 12.2. The molecule has 1 N–H and O–H groups in total. The zero-order valence-electron chi connectivity index (χ0n) is 11.4. The van der Waals surface area contributed by atoms with Gasteiger partial charge in [-0.25, -0.2) is 4.68 Å². The van der Waals surface area contributed by atoms with Crippen LogP contribution in [0.15, 0.2) is 54.9 Å². The Labute approximate surface area is 127 Å². The molecule has 0 aliphatic rings. The molecule has 6 heteroatoms. The van der Waals surface area contributed by atoms with Crippen molar-refractivity contribution in [2.24, 2.45) is 0 Å². The molecule has 0 saturated heterocycles. The molecule has 1 aromatic heterocycles. The molecule has 1 unspecified atom stereocenters. The SMILES string of the molecule is CC(Nc1cccc(-n2cnnn2)c1)c1cccc(Cl)c1. The van der Waals surface area contributed by atoms with E-state index in [1.165, 1.54) is 0 Å². The van der Waals surface area contributed by atoms with Gasteiger partial charge in [-0.2, -0.15) is 0 Å². The molecule has 0 aliphatic carbocycles. The summed E-state index contributed by atoms with van der Waals surface area (Å²) in [5.41, 5.74) is 3.04. The number of anilines is 1. The largest absolute Gasteiger partial charge is 0.378 e. The van der Waals surface area contributed by atoms with E-state index in [0.29, 0.717) is 0 Å². The van der Waals surface area contributed by atoms with E-state index in [1.807, 2.05) is 42.5 Å². The van der Waals surface area contributed by atoms with Crippen LogP contribution in [0, 0.1) is 0 Å². The summed E-state index contributed by atoms with van der Waals surface area (Å²) in [7, 11) is 0. The van der Waals surface area contributed by atoms with Gasteiger partial charge in [0.15, 0.2) is 0 Å². The topological polar surface area (TPSA) is 55.6 Å². The first kappa shape index (κ1) is 13.6. The number of nitrogens with one attached hydrogen (secondary N) is 1. The molecule has 3 rings (SSSR count). The number of hydrogen-bond acceptors (Lipinski definition) is 4. The summed E-state index contributed by atoms with van der Waals surface area (Å²) in [4.78, 5) is 0. The quantitative estimate of drug-likeness (QED) is 0.801. The predicted molar refractivity (Wildman–Crippen MR) is 82.6 cm³/mol. The zero-order chi connectivity index (χ0) is 14.7. The minimum atomic E-state index is 0.146. The molecule has 0 spiro atoms. The molecule has 106 valence electrons. The molecule has 5 nitrogen and oxygen atoms in total. The van der Waals surface area contributed by atoms with Crippen LogP contribution in [0.1, 0.15) is 18.5 Å². The van der Waals surface area contributed by atoms with Crippen molar-refractivity contribution in [1.29, 1.82) is 0 Å². The van der Waals surface area contributed by atoms with E-state index < -0.39 is 0 Å². The molecule has 0 bridgehead atoms. The van der Waals surface area contributed by atoms with Crippen LogP contribution < -0.4 is 5.32 Å². The Kier molecular flexibility index (Phi) is 3.83. The van der Waals surface area contributed by atoms with Crippen molar-refractivity contribution < 1.29 is 0 Å². The Hall–Kier alpha value is -2.40. The summed E-state index contributed by atoms with van der Waals surface area (Å²) >= 11 is 6.03. The van der Waals surface area contributed by atoms with Gasteiger partial charge in [0.25, 0.3) is 0 Å². The van der Waals surface area contributed by atoms with Crippen molar-refractivity contribution in [3.8, 4) is 5.69 Å². The molecule has 3 aromatic rings. The highest BCUT2D eigenvalue weighted by Crippen LogP contribution is 2.23. The molecule has 0 aliphatic heterocycles. The standard InChI is InChI=1S/C15H14ClN5/c1-11(12-4-2-5-13(16)8-12)18-14-6-3-7-15(9-14)21-10-17-19-20-21/h2-11,18H,1H3. The van der Waals surface area contributed by atoms with Crippen LogP contribution in [0.5, 0.6) is 0 Å². The van der Waals surface area contributed by atoms with Gasteiger partial charge in [-0.1, -0.05) is 29.8 Å². The van der Waals surface area contributed by atoms with Crippen LogP contribution in [0.25, 0.3) is 5.69 Å². The fourth-order valence-electron chi connectivity index (χ4n) is 2.13. The van der Waals surface area contributed by atoms with Gasteiger partial charge in [0, 0.05) is 16.8 Å². The Balaban J connectivity index is 1.80. The summed E-state index contributed by atoms with van der Waals surface area (Å²) in [6.45, 7) is 2.09. The predicted octanol–water partition coefficient (Wildman–Crippen LogP) is 3.49. The van der Waals surface area contributed by atoms with Gasteiger partial charge in [-0.3, -0.25) is 0 Å². The van der Waals surface area contributed by atoms with Crippen molar-refractivity contribution in [2.45, 2.75) is 13.0 Å². The van der Waals surface area contributed by atoms with Crippen LogP contribution in [0.2, 0.25) is 5.02 Å². The number of tetrazole rings is 1. The van der Waals surface area contributed by atoms with Crippen molar-refractivity contribution in [3.05, 3.63) is 65.4 Å². The van der Waals surface area contributed by atoms with Crippen LogP contribution in [-0.4, -0.2) is 20.2 Å². The van der Waals surface area contributed by atoms with E-state index in [1.54, 1.807) is 11.0 Å². The first-order valence-corrected chi connectivity index (χ1v) is 6.95. The summed E-state index contributed by atoms with van der Waals surface area (Å²) in [5, 5.41) is 15.4. The summed E-state index contributed by atoms with van der Waals surface area (Å²) < 4.78 is 1.62. The van der Waals surface area contributed by atoms with Gasteiger partial charge < -0.3 is 5.32 Å². The molecule has 2 aromatic carbocycles. The molecular weight excluding hydrogens is 286 g/mol. The third-order valence-electron chi connectivity index (χ3n) is 3.19. The highest BCUT2D eigenvalue weighted by molar-refractivity contribution is 6.30. The number of hydrogen-bond donors (Lipinski definition) is 1. The van der Waals surface area contributed by atoms with Gasteiger partial charge in [0.1, 0.15) is 6.33 Å². The molecule has 0 radical (unpaired) electrons. The van der Waals surface area contributed by atoms with E-state index in [0.717, 1.165) is 22.0 Å². The van der Waals surface area contributed by atoms with Gasteiger partial charge in [-0.15, -0.1) is 5.10 Å². The average molecular weight is 300 g/mol. The third-order valence-corrected chi connectivity index (χ3v) is 3.43. The van der Waals surface area contributed by atoms with E-state index in [2.05, 4.69) is 33.8 Å². The lowest BCUT2D eigenvalue weighted by molar-refractivity contribution is 0.788. The van der Waals surface area contributed by atoms with Gasteiger partial charge in [0.05, 0.1) is 5.69 Å². The lowest BCUT2D eigenvalue weighted by Crippen LogP contribution is -2.07. The van der Waals surface area contributed by atoms with Crippen LogP contribution in [-0.2, 0) is 0 Å². The van der Waals surface area contributed by atoms with E-state index in [4.69, 9.17) is 11.6 Å². The van der Waals surface area contributed by atoms with Gasteiger partial charge in [0.2, 0.25) is 0 Å². The fourth-order valence-corrected chi connectivity index (χ4v) is 2.33. The van der Waals surface area contributed by atoms with Crippen molar-refractivity contribution in [3.63, 3.8) is 0 Å². The number of aromatic nitrogens is 4. The Morgan fingerprint density at radius 3 is 2.76 bits per heavy atom. The minimum Gasteiger partial charge on any atom is -0.378 e. The number of halogens is 1. The lowest BCUT2D eigenvalue weighted by atomic mass is 10.1. The maximum absolute atomic E-state index is 6.03. The van der Waals surface area contributed by atoms with Crippen LogP contribution in [0.3, 0.4) is 0 Å². The molecule has 1 heterocycles. The number of rotatable bonds is 4. The second-order valence-corrected chi connectivity index (χ2v) is 5.16. The average Bonchev–Trinajstić information content (AvgIpc) is 3.02. The van der Waals surface area contributed by atoms with E-state index in [-0.39, 0.29) is 6.04 Å². The molecule has 0 saturated carbocycles. The first-order chi connectivity index (χ1) is 10.2. The molecular formula is C15H14ClN5. The molecule has 21 heavy (non-hydrogen) atoms. The van der Waals surface area contributed by atoms with Crippen molar-refractivity contribution >= 4 is 17.3 Å². The molecule has 0 fully saturated rings. The second kappa shape index (κ2) is 5.93. The second-order valence-electron chi connectivity index (χ2n) is 4.73. The van der Waals surface area contributed by atoms with Gasteiger partial charge >= 0.3 is 0 Å². The highest BCUT2D eigenvalue weighted by atomic mass is 35.5. The van der Waals surface area contributed by atoms with E-state index >= 15 is 0 Å². The first-order valence-electron chi connectivity index (χ1n) is 6.58. The van der Waals surface area contributed by atoms with Crippen molar-refractivity contribution in [1.82, 2.24) is 20.2 Å². The lowest BCUT2D eigenvalue weighted by Gasteiger charge is -2.16. The maximum Gasteiger partial charge on any atom is 0.143 e. The Morgan fingerprint density at radius 1 is 1.14 bits per heavy atom. The molecule has 0 amide bonds. The van der Waals surface area contributed by atoms with Crippen LogP contribution >= 0.6 is 11.6 Å². The Bertz CT molecular complexity index is 726. The Morgan fingerprint density at radius 2 is 2.00 bits per heavy atom. The summed E-state index contributed by atoms with van der Waals surface area (Å²) in [6.07, 6.45) is 1.57. The number of benzene rings is 2. The fraction of sp³-hybridized carbons (Fsp3) is 0.133. The number of nitrogens with zero attached hydrogens (tertiary/aromatic N) is 4. The smallest absolute Gasteiger partial charge is 0.143 e. The third kappa shape index (κ3) is 3.20. The van der Waals surface area contributed by atoms with E-state index in [9.17, 15) is 0 Å². The van der Waals surface area contributed by atoms with Crippen molar-refractivity contribution in [2.75, 3.05) is 5.32 Å². The van der Waals surface area contributed by atoms with Crippen LogP contribution in [0.4, 0.5) is 5.69 Å².